The molecular weight excluding hydrogens is 817 g/mol. The van der Waals surface area contributed by atoms with E-state index in [0.29, 0.717) is 0 Å². The molecule has 0 heteroatoms. The van der Waals surface area contributed by atoms with Crippen LogP contribution in [0.1, 0.15) is 0 Å². The molecule has 0 aromatic heterocycles. The minimum atomic E-state index is 1.22. The van der Waals surface area contributed by atoms with Crippen molar-refractivity contribution in [3.8, 4) is 33.4 Å². The highest BCUT2D eigenvalue weighted by atomic mass is 14.3. The lowest BCUT2D eigenvalue weighted by molar-refractivity contribution is 1.61. The van der Waals surface area contributed by atoms with Crippen molar-refractivity contribution < 1.29 is 0 Å². The van der Waals surface area contributed by atoms with Gasteiger partial charge in [0.15, 0.2) is 0 Å². The molecule has 0 spiro atoms. The molecule has 0 atom stereocenters. The van der Waals surface area contributed by atoms with Gasteiger partial charge in [0.25, 0.3) is 0 Å². The summed E-state index contributed by atoms with van der Waals surface area (Å²) in [5.41, 5.74) is 7.56. The summed E-state index contributed by atoms with van der Waals surface area (Å²) in [7, 11) is 0. The molecular formula is C68H36. The van der Waals surface area contributed by atoms with Gasteiger partial charge in [0, 0.05) is 0 Å². The molecule has 17 aromatic rings. The Balaban J connectivity index is 1.13. The molecule has 0 saturated heterocycles. The molecule has 0 radical (unpaired) electrons. The largest absolute Gasteiger partial charge is 0.0622 e. The summed E-state index contributed by atoms with van der Waals surface area (Å²) in [6.45, 7) is 0. The van der Waals surface area contributed by atoms with Crippen LogP contribution >= 0.6 is 0 Å². The predicted octanol–water partition coefficient (Wildman–Crippen LogP) is 19.4. The summed E-state index contributed by atoms with van der Waals surface area (Å²) in [5.74, 6) is 0. The molecule has 0 aliphatic rings. The maximum absolute atomic E-state index is 2.59. The van der Waals surface area contributed by atoms with Crippen molar-refractivity contribution in [2.75, 3.05) is 0 Å². The third-order valence-electron chi connectivity index (χ3n) is 16.2. The number of hydrogen-bond acceptors (Lipinski definition) is 0. The van der Waals surface area contributed by atoms with Crippen molar-refractivity contribution in [2.24, 2.45) is 0 Å². The zero-order valence-corrected chi connectivity index (χ0v) is 36.8. The van der Waals surface area contributed by atoms with E-state index in [0.717, 1.165) is 0 Å². The van der Waals surface area contributed by atoms with Crippen LogP contribution in [-0.2, 0) is 0 Å². The summed E-state index contributed by atoms with van der Waals surface area (Å²) in [4.78, 5) is 0. The van der Waals surface area contributed by atoms with Gasteiger partial charge in [-0.15, -0.1) is 0 Å². The molecule has 0 aliphatic carbocycles. The zero-order chi connectivity index (χ0) is 43.9. The minimum Gasteiger partial charge on any atom is -0.0622 e. The van der Waals surface area contributed by atoms with Crippen molar-refractivity contribution >= 4 is 140 Å². The highest BCUT2D eigenvalue weighted by Crippen LogP contribution is 2.57. The molecule has 0 nitrogen and oxygen atoms in total. The van der Waals surface area contributed by atoms with Crippen LogP contribution in [0, 0.1) is 0 Å². The molecule has 308 valence electrons. The Morgan fingerprint density at radius 2 is 0.500 bits per heavy atom. The predicted molar refractivity (Wildman–Crippen MR) is 295 cm³/mol. The first-order valence-corrected chi connectivity index (χ1v) is 23.9. The molecule has 0 unspecified atom stereocenters. The molecule has 17 rings (SSSR count). The Labute approximate surface area is 389 Å². The highest BCUT2D eigenvalue weighted by Gasteiger charge is 2.28. The van der Waals surface area contributed by atoms with Gasteiger partial charge < -0.3 is 0 Å². The van der Waals surface area contributed by atoms with E-state index >= 15 is 0 Å². The fraction of sp³-hybridized carbons (Fsp3) is 0. The van der Waals surface area contributed by atoms with Crippen LogP contribution in [0.15, 0.2) is 218 Å². The lowest BCUT2D eigenvalue weighted by Gasteiger charge is -2.19. The molecule has 17 aromatic carbocycles. The first-order valence-electron chi connectivity index (χ1n) is 23.9. The van der Waals surface area contributed by atoms with Gasteiger partial charge in [-0.2, -0.15) is 0 Å². The summed E-state index contributed by atoms with van der Waals surface area (Å²) >= 11 is 0. The number of benzene rings is 15. The maximum Gasteiger partial charge on any atom is -0.000718 e. The maximum atomic E-state index is 2.59. The second-order valence-corrected chi connectivity index (χ2v) is 19.3. The van der Waals surface area contributed by atoms with E-state index in [1.165, 1.54) is 173 Å². The molecule has 0 heterocycles. The van der Waals surface area contributed by atoms with Crippen LogP contribution in [0.25, 0.3) is 173 Å². The Bertz CT molecular complexity index is 4880. The van der Waals surface area contributed by atoms with Gasteiger partial charge in [-0.1, -0.05) is 206 Å². The van der Waals surface area contributed by atoms with Gasteiger partial charge in [-0.25, -0.2) is 0 Å². The van der Waals surface area contributed by atoms with E-state index in [9.17, 15) is 0 Å². The average molecular weight is 853 g/mol. The van der Waals surface area contributed by atoms with E-state index in [4.69, 9.17) is 0 Å². The van der Waals surface area contributed by atoms with Gasteiger partial charge in [-0.05, 0) is 186 Å². The molecule has 0 N–H and O–H groups in total. The summed E-state index contributed by atoms with van der Waals surface area (Å²) < 4.78 is 0. The molecule has 68 heavy (non-hydrogen) atoms. The fourth-order valence-electron chi connectivity index (χ4n) is 13.6. The van der Waals surface area contributed by atoms with E-state index in [1.807, 2.05) is 0 Å². The first kappa shape index (κ1) is 35.4. The lowest BCUT2D eigenvalue weighted by atomic mass is 9.83. The van der Waals surface area contributed by atoms with Crippen LogP contribution in [0.4, 0.5) is 0 Å². The lowest BCUT2D eigenvalue weighted by Crippen LogP contribution is -1.92. The van der Waals surface area contributed by atoms with Crippen LogP contribution in [-0.4, -0.2) is 0 Å². The third kappa shape index (κ3) is 4.24. The van der Waals surface area contributed by atoms with Gasteiger partial charge in [0.2, 0.25) is 0 Å². The number of fused-ring (bicyclic) bond motifs is 11. The summed E-state index contributed by atoms with van der Waals surface area (Å²) in [5, 5.41) is 34.5. The Morgan fingerprint density at radius 1 is 0.162 bits per heavy atom. The molecule has 0 saturated carbocycles. The normalized spacial score (nSPS) is 12.7. The van der Waals surface area contributed by atoms with Crippen molar-refractivity contribution in [2.45, 2.75) is 0 Å². The van der Waals surface area contributed by atoms with Gasteiger partial charge in [0.1, 0.15) is 0 Å². The third-order valence-corrected chi connectivity index (χ3v) is 16.2. The van der Waals surface area contributed by atoms with Crippen LogP contribution in [0.3, 0.4) is 0 Å². The minimum absolute atomic E-state index is 1.22. The van der Waals surface area contributed by atoms with Gasteiger partial charge in [-0.3, -0.25) is 0 Å². The smallest absolute Gasteiger partial charge is 0.000718 e. The summed E-state index contributed by atoms with van der Waals surface area (Å²) in [6, 6.07) is 83.3. The second kappa shape index (κ2) is 12.5. The SMILES string of the molecule is c1ccc(-c2ccccc2-c2c3cc4c(cc3c(-c3ccccc3)c3c5ccc6c7cccc8cccc(c9ccc(c23)c5c69)c87)c2ccc3c5cccc6cccc(c7ccc4c2c37)c65)cc1. The molecule has 0 aliphatic heterocycles. The van der Waals surface area contributed by atoms with Crippen LogP contribution in [0.5, 0.6) is 0 Å². The molecule has 0 fully saturated rings. The van der Waals surface area contributed by atoms with Crippen molar-refractivity contribution in [1.29, 1.82) is 0 Å². The van der Waals surface area contributed by atoms with E-state index < -0.39 is 0 Å². The Morgan fingerprint density at radius 3 is 0.971 bits per heavy atom. The Hall–Kier alpha value is -8.84. The van der Waals surface area contributed by atoms with Crippen LogP contribution in [0.2, 0.25) is 0 Å². The average Bonchev–Trinajstić information content (AvgIpc) is 3.91. The molecule has 0 bridgehead atoms. The van der Waals surface area contributed by atoms with Gasteiger partial charge in [0.05, 0.1) is 0 Å². The number of rotatable bonds is 3. The topological polar surface area (TPSA) is 0 Å². The fourth-order valence-corrected chi connectivity index (χ4v) is 13.6. The summed E-state index contributed by atoms with van der Waals surface area (Å²) in [6.07, 6.45) is 0. The second-order valence-electron chi connectivity index (χ2n) is 19.3. The monoisotopic (exact) mass is 852 g/mol. The van der Waals surface area contributed by atoms with E-state index in [2.05, 4.69) is 218 Å². The van der Waals surface area contributed by atoms with Crippen LogP contribution < -0.4 is 0 Å². The van der Waals surface area contributed by atoms with Gasteiger partial charge >= 0.3 is 0 Å². The highest BCUT2D eigenvalue weighted by molar-refractivity contribution is 6.48. The standard InChI is InChI=1S/C68H36/c1-3-13-37(14-4-1)41-21-7-8-22-42(41)65-58-36-56-52-30-28-48-44-24-10-18-38-17-9-23-43(59(38)44)47-27-29-51(64(52)62(47)48)55(56)35-57(58)61(40-15-5-2-6-16-40)67-53-33-31-49-45-25-11-19-39-20-12-26-46(60(39)45)50-32-34-54(68(65)67)66(53)63(49)50/h1-36H. The first-order chi connectivity index (χ1) is 33.8. The van der Waals surface area contributed by atoms with Crippen molar-refractivity contribution in [1.82, 2.24) is 0 Å². The molecule has 0 amide bonds. The number of hydrogen-bond donors (Lipinski definition) is 0. The van der Waals surface area contributed by atoms with E-state index in [-0.39, 0.29) is 0 Å². The van der Waals surface area contributed by atoms with E-state index in [1.54, 1.807) is 0 Å². The quantitative estimate of drug-likeness (QED) is 0.123. The Kier molecular flexibility index (Phi) is 6.53. The zero-order valence-electron chi connectivity index (χ0n) is 36.8. The van der Waals surface area contributed by atoms with Crippen molar-refractivity contribution in [3.05, 3.63) is 218 Å². The van der Waals surface area contributed by atoms with Crippen molar-refractivity contribution in [3.63, 3.8) is 0 Å².